The third-order valence-corrected chi connectivity index (χ3v) is 6.14. The van der Waals surface area contributed by atoms with Crippen LogP contribution in [0.5, 0.6) is 5.88 Å². The van der Waals surface area contributed by atoms with Crippen molar-refractivity contribution in [3.05, 3.63) is 83.6 Å². The molecule has 0 bridgehead atoms. The number of rotatable bonds is 4. The van der Waals surface area contributed by atoms with Crippen molar-refractivity contribution in [2.24, 2.45) is 0 Å². The van der Waals surface area contributed by atoms with Gasteiger partial charge in [0, 0.05) is 37.8 Å². The summed E-state index contributed by atoms with van der Waals surface area (Å²) >= 11 is 0. The zero-order valence-electron chi connectivity index (χ0n) is 17.9. The first-order chi connectivity index (χ1) is 15.2. The van der Waals surface area contributed by atoms with E-state index in [0.29, 0.717) is 32.1 Å². The van der Waals surface area contributed by atoms with Crippen LogP contribution < -0.4 is 10.1 Å². The highest BCUT2D eigenvalue weighted by molar-refractivity contribution is 5.85. The zero-order chi connectivity index (χ0) is 21.2. The van der Waals surface area contributed by atoms with Crippen LogP contribution in [0.15, 0.2) is 66.9 Å². The molecule has 7 heteroatoms. The number of nitrogens with one attached hydrogen (secondary N) is 1. The molecular formula is C25H26ClN3O3. The molecule has 1 fully saturated rings. The standard InChI is InChI=1S/C25H25N3O3.ClH/c1-30-24-14-17(10-11-27-24)23-15-28(13-12-26-23)25(29)31-16-22-20-8-4-2-6-18(20)19-7-3-5-9-21(19)22;/h2-11,14,22-23,26H,12-13,15-16H2,1H3;1H. The SMILES string of the molecule is COc1cc(C2CN(C(=O)OCC3c4ccccc4-c4ccccc43)CCN2)ccn1.Cl. The molecule has 0 radical (unpaired) electrons. The Kier molecular flexibility index (Phi) is 6.63. The van der Waals surface area contributed by atoms with Crippen LogP contribution in [-0.4, -0.2) is 49.3 Å². The number of hydrogen-bond donors (Lipinski definition) is 1. The number of amides is 1. The fraction of sp³-hybridized carbons (Fsp3) is 0.280. The highest BCUT2D eigenvalue weighted by Crippen LogP contribution is 2.44. The van der Waals surface area contributed by atoms with Crippen molar-refractivity contribution in [2.45, 2.75) is 12.0 Å². The van der Waals surface area contributed by atoms with Gasteiger partial charge in [0.1, 0.15) is 6.61 Å². The number of aromatic nitrogens is 1. The van der Waals surface area contributed by atoms with Crippen LogP contribution in [0.25, 0.3) is 11.1 Å². The first kappa shape index (κ1) is 22.1. The van der Waals surface area contributed by atoms with Gasteiger partial charge in [-0.25, -0.2) is 9.78 Å². The van der Waals surface area contributed by atoms with Crippen LogP contribution in [0.3, 0.4) is 0 Å². The van der Waals surface area contributed by atoms with E-state index in [2.05, 4.69) is 46.7 Å². The van der Waals surface area contributed by atoms with Crippen molar-refractivity contribution in [3.8, 4) is 17.0 Å². The summed E-state index contributed by atoms with van der Waals surface area (Å²) in [5.74, 6) is 0.636. The number of nitrogens with zero attached hydrogens (tertiary/aromatic N) is 2. The maximum Gasteiger partial charge on any atom is 0.409 e. The largest absolute Gasteiger partial charge is 0.481 e. The van der Waals surface area contributed by atoms with Crippen LogP contribution in [0.1, 0.15) is 28.7 Å². The molecule has 1 aromatic heterocycles. The molecule has 3 aromatic rings. The Balaban J connectivity index is 0.00000245. The fourth-order valence-electron chi connectivity index (χ4n) is 4.58. The fourth-order valence-corrected chi connectivity index (χ4v) is 4.58. The normalized spacial score (nSPS) is 17.2. The topological polar surface area (TPSA) is 63.7 Å². The lowest BCUT2D eigenvalue weighted by atomic mass is 9.98. The first-order valence-electron chi connectivity index (χ1n) is 10.6. The molecule has 1 amide bonds. The molecule has 0 spiro atoms. The average molecular weight is 452 g/mol. The first-order valence-corrected chi connectivity index (χ1v) is 10.6. The summed E-state index contributed by atoms with van der Waals surface area (Å²) in [6.45, 7) is 2.21. The third-order valence-electron chi connectivity index (χ3n) is 6.14. The Labute approximate surface area is 194 Å². The van der Waals surface area contributed by atoms with Crippen LogP contribution in [0.4, 0.5) is 4.79 Å². The number of hydrogen-bond acceptors (Lipinski definition) is 5. The molecule has 1 aliphatic heterocycles. The van der Waals surface area contributed by atoms with Gasteiger partial charge in [0.2, 0.25) is 5.88 Å². The number of halogens is 1. The summed E-state index contributed by atoms with van der Waals surface area (Å²) < 4.78 is 11.1. The lowest BCUT2D eigenvalue weighted by Crippen LogP contribution is -2.48. The molecule has 166 valence electrons. The predicted octanol–water partition coefficient (Wildman–Crippen LogP) is 4.41. The molecule has 1 N–H and O–H groups in total. The second kappa shape index (κ2) is 9.59. The lowest BCUT2D eigenvalue weighted by Gasteiger charge is -2.33. The van der Waals surface area contributed by atoms with Gasteiger partial charge in [-0.3, -0.25) is 0 Å². The summed E-state index contributed by atoms with van der Waals surface area (Å²) in [5.41, 5.74) is 5.95. The molecule has 2 heterocycles. The molecule has 1 atom stereocenters. The van der Waals surface area contributed by atoms with E-state index in [1.54, 1.807) is 18.2 Å². The Morgan fingerprint density at radius 2 is 1.78 bits per heavy atom. The Morgan fingerprint density at radius 3 is 2.47 bits per heavy atom. The summed E-state index contributed by atoms with van der Waals surface area (Å²) in [5, 5.41) is 3.46. The van der Waals surface area contributed by atoms with Crippen LogP contribution in [-0.2, 0) is 4.74 Å². The highest BCUT2D eigenvalue weighted by Gasteiger charge is 2.31. The van der Waals surface area contributed by atoms with E-state index in [1.165, 1.54) is 22.3 Å². The lowest BCUT2D eigenvalue weighted by molar-refractivity contribution is 0.0883. The van der Waals surface area contributed by atoms with Crippen molar-refractivity contribution in [1.82, 2.24) is 15.2 Å². The van der Waals surface area contributed by atoms with E-state index in [9.17, 15) is 4.79 Å². The molecule has 0 saturated carbocycles. The maximum absolute atomic E-state index is 12.9. The van der Waals surface area contributed by atoms with Gasteiger partial charge in [0.05, 0.1) is 13.2 Å². The Hall–Kier alpha value is -3.09. The van der Waals surface area contributed by atoms with E-state index < -0.39 is 0 Å². The minimum absolute atomic E-state index is 0. The number of piperazine rings is 1. The van der Waals surface area contributed by atoms with Gasteiger partial charge in [-0.2, -0.15) is 0 Å². The number of ether oxygens (including phenoxy) is 2. The Bertz CT molecular complexity index is 1060. The predicted molar refractivity (Wildman–Crippen MR) is 125 cm³/mol. The van der Waals surface area contributed by atoms with E-state index in [-0.39, 0.29) is 30.5 Å². The molecule has 1 unspecified atom stereocenters. The van der Waals surface area contributed by atoms with Gasteiger partial charge in [-0.15, -0.1) is 12.4 Å². The second-order valence-electron chi connectivity index (χ2n) is 7.89. The van der Waals surface area contributed by atoms with Crippen LogP contribution >= 0.6 is 12.4 Å². The molecule has 5 rings (SSSR count). The average Bonchev–Trinajstić information content (AvgIpc) is 3.16. The quantitative estimate of drug-likeness (QED) is 0.636. The summed E-state index contributed by atoms with van der Waals surface area (Å²) in [7, 11) is 1.60. The number of benzene rings is 2. The summed E-state index contributed by atoms with van der Waals surface area (Å²) in [4.78, 5) is 18.9. The third kappa shape index (κ3) is 4.16. The van der Waals surface area contributed by atoms with Gasteiger partial charge in [-0.1, -0.05) is 48.5 Å². The molecule has 6 nitrogen and oxygen atoms in total. The van der Waals surface area contributed by atoms with Crippen molar-refractivity contribution in [2.75, 3.05) is 33.4 Å². The molecular weight excluding hydrogens is 426 g/mol. The van der Waals surface area contributed by atoms with E-state index in [0.717, 1.165) is 5.56 Å². The highest BCUT2D eigenvalue weighted by atomic mass is 35.5. The molecule has 2 aromatic carbocycles. The number of pyridine rings is 1. The van der Waals surface area contributed by atoms with Crippen LogP contribution in [0.2, 0.25) is 0 Å². The van der Waals surface area contributed by atoms with E-state index in [1.807, 2.05) is 24.3 Å². The smallest absolute Gasteiger partial charge is 0.409 e. The molecule has 1 aliphatic carbocycles. The number of fused-ring (bicyclic) bond motifs is 3. The van der Waals surface area contributed by atoms with Gasteiger partial charge >= 0.3 is 6.09 Å². The number of carbonyl (C=O) groups excluding carboxylic acids is 1. The summed E-state index contributed by atoms with van der Waals surface area (Å²) in [6.07, 6.45) is 1.46. The second-order valence-corrected chi connectivity index (χ2v) is 7.89. The maximum atomic E-state index is 12.9. The Morgan fingerprint density at radius 1 is 1.09 bits per heavy atom. The van der Waals surface area contributed by atoms with Gasteiger partial charge in [0.15, 0.2) is 0 Å². The van der Waals surface area contributed by atoms with E-state index in [4.69, 9.17) is 9.47 Å². The van der Waals surface area contributed by atoms with E-state index >= 15 is 0 Å². The minimum atomic E-state index is -0.269. The number of carbonyl (C=O) groups is 1. The summed E-state index contributed by atoms with van der Waals surface area (Å²) in [6, 6.07) is 20.6. The van der Waals surface area contributed by atoms with Crippen molar-refractivity contribution >= 4 is 18.5 Å². The van der Waals surface area contributed by atoms with Crippen molar-refractivity contribution in [3.63, 3.8) is 0 Å². The molecule has 32 heavy (non-hydrogen) atoms. The minimum Gasteiger partial charge on any atom is -0.481 e. The van der Waals surface area contributed by atoms with Gasteiger partial charge < -0.3 is 19.7 Å². The zero-order valence-corrected chi connectivity index (χ0v) is 18.7. The number of methoxy groups -OCH3 is 1. The molecule has 1 saturated heterocycles. The van der Waals surface area contributed by atoms with Gasteiger partial charge in [-0.05, 0) is 33.9 Å². The monoisotopic (exact) mass is 451 g/mol. The van der Waals surface area contributed by atoms with Gasteiger partial charge in [0.25, 0.3) is 0 Å². The molecule has 2 aliphatic rings. The van der Waals surface area contributed by atoms with Crippen molar-refractivity contribution in [1.29, 1.82) is 0 Å². The van der Waals surface area contributed by atoms with Crippen molar-refractivity contribution < 1.29 is 14.3 Å². The van der Waals surface area contributed by atoms with Crippen LogP contribution in [0, 0.1) is 0 Å².